The summed E-state index contributed by atoms with van der Waals surface area (Å²) in [4.78, 5) is 0. The zero-order valence-electron chi connectivity index (χ0n) is 13.9. The van der Waals surface area contributed by atoms with Gasteiger partial charge in [0.2, 0.25) is 0 Å². The molecule has 0 bridgehead atoms. The molecule has 0 unspecified atom stereocenters. The second kappa shape index (κ2) is 5.91. The summed E-state index contributed by atoms with van der Waals surface area (Å²) in [6.07, 6.45) is 0. The van der Waals surface area contributed by atoms with Gasteiger partial charge >= 0.3 is 29.6 Å². The minimum atomic E-state index is 0. The van der Waals surface area contributed by atoms with E-state index < -0.39 is 0 Å². The first-order chi connectivity index (χ1) is 7.33. The van der Waals surface area contributed by atoms with E-state index in [0.29, 0.717) is 16.2 Å². The Morgan fingerprint density at radius 2 is 1.17 bits per heavy atom. The van der Waals surface area contributed by atoms with Crippen molar-refractivity contribution in [2.45, 2.75) is 78.6 Å². The minimum absolute atomic E-state index is 0. The van der Waals surface area contributed by atoms with Crippen molar-refractivity contribution in [1.82, 2.24) is 0 Å². The van der Waals surface area contributed by atoms with Crippen LogP contribution in [0, 0.1) is 0 Å². The molecule has 1 aromatic heterocycles. The van der Waals surface area contributed by atoms with Gasteiger partial charge < -0.3 is 16.4 Å². The van der Waals surface area contributed by atoms with Crippen molar-refractivity contribution in [3.63, 3.8) is 0 Å². The van der Waals surface area contributed by atoms with Crippen molar-refractivity contribution in [2.75, 3.05) is 0 Å². The average molecular weight is 292 g/mol. The van der Waals surface area contributed by atoms with Gasteiger partial charge in [0.05, 0.1) is 0 Å². The molecule has 0 nitrogen and oxygen atoms in total. The Balaban J connectivity index is 0.00000289. The first kappa shape index (κ1) is 19.2. The van der Waals surface area contributed by atoms with Gasteiger partial charge in [-0.25, -0.2) is 0 Å². The van der Waals surface area contributed by atoms with Crippen LogP contribution in [0.4, 0.5) is 0 Å². The maximum Gasteiger partial charge on any atom is 1.00 e. The first-order valence-electron chi connectivity index (χ1n) is 6.39. The summed E-state index contributed by atoms with van der Waals surface area (Å²) in [5, 5.41) is 4.96. The monoisotopic (exact) mass is 292 g/mol. The van der Waals surface area contributed by atoms with E-state index in [0.717, 1.165) is 0 Å². The van der Waals surface area contributed by atoms with Gasteiger partial charge in [0, 0.05) is 0 Å². The van der Waals surface area contributed by atoms with Crippen LogP contribution in [0.2, 0.25) is 0 Å². The van der Waals surface area contributed by atoms with Crippen molar-refractivity contribution >= 4 is 16.4 Å². The quantitative estimate of drug-likeness (QED) is 0.642. The fourth-order valence-corrected chi connectivity index (χ4v) is 5.47. The van der Waals surface area contributed by atoms with Crippen LogP contribution >= 0.6 is 16.4 Å². The molecule has 0 atom stereocenters. The van der Waals surface area contributed by atoms with Crippen molar-refractivity contribution in [1.29, 1.82) is 0 Å². The Labute approximate surface area is 139 Å². The maximum atomic E-state index is 2.35. The molecule has 0 spiro atoms. The fraction of sp³-hybridized carbons (Fsp3) is 0.800. The van der Waals surface area contributed by atoms with E-state index in [1.807, 2.05) is 0 Å². The number of hydrogen-bond donors (Lipinski definition) is 0. The Bertz CT molecular complexity index is 366. The fourth-order valence-electron chi connectivity index (χ4n) is 1.72. The van der Waals surface area contributed by atoms with Gasteiger partial charge in [-0.15, -0.1) is 10.6 Å². The second-order valence-electron chi connectivity index (χ2n) is 7.99. The van der Waals surface area contributed by atoms with Crippen LogP contribution < -0.4 is 29.6 Å². The smallest absolute Gasteiger partial charge is 0.307 e. The molecule has 0 aliphatic rings. The molecule has 0 saturated carbocycles. The molecule has 0 fully saturated rings. The van der Waals surface area contributed by atoms with Crippen LogP contribution in [0.15, 0.2) is 0 Å². The van der Waals surface area contributed by atoms with E-state index in [-0.39, 0.29) is 29.6 Å². The maximum absolute atomic E-state index is 2.35. The van der Waals surface area contributed by atoms with Crippen LogP contribution in [-0.4, -0.2) is 0 Å². The van der Waals surface area contributed by atoms with Gasteiger partial charge in [-0.1, -0.05) is 62.3 Å². The molecule has 0 aromatic carbocycles. The third-order valence-electron chi connectivity index (χ3n) is 2.75. The molecule has 1 aromatic rings. The van der Waals surface area contributed by atoms with Crippen LogP contribution in [0.3, 0.4) is 0 Å². The van der Waals surface area contributed by atoms with Gasteiger partial charge in [-0.2, -0.15) is 5.03 Å². The van der Waals surface area contributed by atoms with Crippen LogP contribution in [-0.2, 0) is 16.2 Å². The molecule has 1 rings (SSSR count). The number of rotatable bonds is 0. The molecule has 3 heteroatoms. The van der Waals surface area contributed by atoms with Crippen molar-refractivity contribution in [2.24, 2.45) is 0 Å². The van der Waals surface area contributed by atoms with E-state index in [2.05, 4.69) is 62.3 Å². The normalized spacial score (nSPS) is 14.3. The minimum Gasteiger partial charge on any atom is -0.307 e. The zero-order valence-corrected chi connectivity index (χ0v) is 17.7. The predicted molar refractivity (Wildman–Crippen MR) is 83.2 cm³/mol. The van der Waals surface area contributed by atoms with Crippen LogP contribution in [0.5, 0.6) is 0 Å². The number of hydrogen-bond acceptors (Lipinski definition) is 0. The van der Waals surface area contributed by atoms with E-state index in [1.165, 1.54) is 16.4 Å². The molecule has 1 heterocycles. The summed E-state index contributed by atoms with van der Waals surface area (Å²) >= 11 is 0. The van der Waals surface area contributed by atoms with E-state index in [9.17, 15) is 0 Å². The molecule has 0 amide bonds. The Morgan fingerprint density at radius 1 is 0.722 bits per heavy atom. The third-order valence-corrected chi connectivity index (χ3v) is 7.53. The van der Waals surface area contributed by atoms with Crippen molar-refractivity contribution in [3.05, 3.63) is 15.6 Å². The summed E-state index contributed by atoms with van der Waals surface area (Å²) in [5.41, 5.74) is 0.918. The molecule has 0 radical (unpaired) electrons. The average Bonchev–Trinajstić information content (AvgIpc) is 2.42. The first-order valence-corrected chi connectivity index (χ1v) is 8.18. The predicted octanol–water partition coefficient (Wildman–Crippen LogP) is 3.46. The van der Waals surface area contributed by atoms with Gasteiger partial charge in [0.1, 0.15) is 0 Å². The van der Waals surface area contributed by atoms with Gasteiger partial charge in [-0.3, -0.25) is 0 Å². The zero-order chi connectivity index (χ0) is 13.6. The molecule has 0 saturated heterocycles. The second-order valence-corrected chi connectivity index (χ2v) is 10.6. The van der Waals surface area contributed by atoms with Crippen LogP contribution in [0.25, 0.3) is 0 Å². The Hall–Kier alpha value is 1.21. The molecule has 0 N–H and O–H groups in total. The molecule has 18 heavy (non-hydrogen) atoms. The molecule has 0 aliphatic heterocycles. The van der Waals surface area contributed by atoms with Gasteiger partial charge in [-0.05, 0) is 16.2 Å². The Kier molecular flexibility index (Phi) is 6.31. The summed E-state index contributed by atoms with van der Waals surface area (Å²) in [6.45, 7) is 21.1. The Morgan fingerprint density at radius 3 is 1.39 bits per heavy atom. The van der Waals surface area contributed by atoms with Crippen molar-refractivity contribution in [3.8, 4) is 0 Å². The summed E-state index contributed by atoms with van der Waals surface area (Å²) in [7, 11) is 2.97. The van der Waals surface area contributed by atoms with Gasteiger partial charge in [0.15, 0.2) is 0 Å². The molecule has 98 valence electrons. The molecular weight excluding hydrogens is 265 g/mol. The van der Waals surface area contributed by atoms with E-state index in [4.69, 9.17) is 0 Å². The topological polar surface area (TPSA) is 0 Å². The van der Waals surface area contributed by atoms with Gasteiger partial charge in [0.25, 0.3) is 0 Å². The summed E-state index contributed by atoms with van der Waals surface area (Å²) in [6, 6.07) is 0. The van der Waals surface area contributed by atoms with E-state index >= 15 is 0 Å². The molecular formula is C15H27NaP2. The standard InChI is InChI=1S/C15H27P2.Na/c1-13(2,3)10-11(14(4,5)6)17-12(16-10)15(7,8)9;/h1-9H3;/q-1;+1. The SMILES string of the molecule is CC(C)(C)c1pc(C(C)(C)C)c(C(C)(C)C)[p-]1.[Na+]. The van der Waals surface area contributed by atoms with Crippen molar-refractivity contribution < 1.29 is 29.6 Å². The summed E-state index contributed by atoms with van der Waals surface area (Å²) in [5.74, 6) is 0. The largest absolute Gasteiger partial charge is 1.00 e. The third kappa shape index (κ3) is 4.64. The van der Waals surface area contributed by atoms with E-state index in [1.54, 1.807) is 15.6 Å². The molecule has 0 aliphatic carbocycles. The van der Waals surface area contributed by atoms with Crippen LogP contribution in [0.1, 0.15) is 77.9 Å². The summed E-state index contributed by atoms with van der Waals surface area (Å²) < 4.78 is 0.